The molecule has 0 bridgehead atoms. The largest absolute Gasteiger partial charge is 1.00 e. The van der Waals surface area contributed by atoms with Crippen LogP contribution >= 0.6 is 0 Å². The van der Waals surface area contributed by atoms with Crippen LogP contribution < -0.4 is 64.2 Å². The van der Waals surface area contributed by atoms with E-state index in [2.05, 4.69) is 0 Å². The van der Waals surface area contributed by atoms with Crippen LogP contribution in [0.2, 0.25) is 0 Å². The summed E-state index contributed by atoms with van der Waals surface area (Å²) in [5, 5.41) is 19.3. The average Bonchev–Trinajstić information content (AvgIpc) is 2.02. The minimum absolute atomic E-state index is 0. The normalized spacial score (nSPS) is 8.26. The minimum atomic E-state index is -4.73. The van der Waals surface area contributed by atoms with Crippen molar-refractivity contribution in [3.05, 3.63) is 23.8 Å². The van der Waals surface area contributed by atoms with E-state index in [1.807, 2.05) is 0 Å². The second-order valence-corrected chi connectivity index (χ2v) is 3.80. The van der Waals surface area contributed by atoms with Crippen LogP contribution in [0.25, 0.3) is 0 Å². The Kier molecular flexibility index (Phi) is 20.0. The van der Waals surface area contributed by atoms with Crippen molar-refractivity contribution in [3.8, 4) is 5.75 Å². The Bertz CT molecular complexity index is 487. The van der Waals surface area contributed by atoms with Crippen molar-refractivity contribution >= 4 is 16.1 Å². The van der Waals surface area contributed by atoms with Gasteiger partial charge in [-0.25, -0.2) is 13.2 Å². The topological polar surface area (TPSA) is 212 Å². The maximum absolute atomic E-state index is 10.9. The number of hydrogen-bond donors (Lipinski definition) is 1. The standard InChI is InChI=1S/C7H6O6S.2Na.3H2O/c8-6-2-1-4(14(11,12)13)3-5(6)7(9)10;;;;;/h1-3,8H,(H,9,10)(H,11,12,13);;;3*1H2/q;2*+1;;;/p-2. The fourth-order valence-electron chi connectivity index (χ4n) is 0.832. The molecular weight excluding hydrogens is 306 g/mol. The van der Waals surface area contributed by atoms with Gasteiger partial charge in [-0.2, -0.15) is 0 Å². The molecule has 1 aromatic rings. The molecule has 100 valence electrons. The van der Waals surface area contributed by atoms with Crippen molar-refractivity contribution in [2.24, 2.45) is 0 Å². The van der Waals surface area contributed by atoms with E-state index < -0.39 is 32.3 Å². The van der Waals surface area contributed by atoms with Gasteiger partial charge in [0.1, 0.15) is 10.1 Å². The van der Waals surface area contributed by atoms with Crippen LogP contribution in [0.1, 0.15) is 10.4 Å². The molecule has 12 heteroatoms. The Balaban J connectivity index is -0.000000131. The van der Waals surface area contributed by atoms with E-state index in [4.69, 9.17) is 5.11 Å². The molecule has 1 aromatic carbocycles. The maximum Gasteiger partial charge on any atom is 1.00 e. The fourth-order valence-corrected chi connectivity index (χ4v) is 1.33. The van der Waals surface area contributed by atoms with Crippen LogP contribution in [0.5, 0.6) is 5.75 Å². The van der Waals surface area contributed by atoms with Gasteiger partial charge in [0.2, 0.25) is 0 Å². The summed E-state index contributed by atoms with van der Waals surface area (Å²) >= 11 is 0. The molecular formula is C7H10Na2O9S. The maximum atomic E-state index is 10.9. The third kappa shape index (κ3) is 8.94. The number of hydrogen-bond acceptors (Lipinski definition) is 5. The minimum Gasteiger partial charge on any atom is -0.872 e. The zero-order chi connectivity index (χ0) is 10.9. The SMILES string of the molecule is O.O.O.O=C(O)c1cc(S(=O)(=O)[O-])ccc1[O-].[Na+].[Na+]. The van der Waals surface area contributed by atoms with E-state index in [9.17, 15) is 22.9 Å². The molecule has 0 aromatic heterocycles. The molecule has 1 rings (SSSR count). The van der Waals surface area contributed by atoms with Crippen molar-refractivity contribution in [1.29, 1.82) is 0 Å². The van der Waals surface area contributed by atoms with Gasteiger partial charge in [0.25, 0.3) is 0 Å². The predicted molar refractivity (Wildman–Crippen MR) is 51.7 cm³/mol. The molecule has 0 aliphatic heterocycles. The Labute approximate surface area is 152 Å². The summed E-state index contributed by atoms with van der Waals surface area (Å²) in [6.07, 6.45) is 0. The number of carbonyl (C=O) groups is 1. The summed E-state index contributed by atoms with van der Waals surface area (Å²) in [7, 11) is -4.73. The first-order valence-corrected chi connectivity index (χ1v) is 4.73. The van der Waals surface area contributed by atoms with E-state index in [1.54, 1.807) is 0 Å². The molecule has 0 spiro atoms. The van der Waals surface area contributed by atoms with Crippen molar-refractivity contribution in [3.63, 3.8) is 0 Å². The van der Waals surface area contributed by atoms with Crippen LogP contribution in [0.4, 0.5) is 0 Å². The van der Waals surface area contributed by atoms with E-state index in [1.165, 1.54) is 0 Å². The van der Waals surface area contributed by atoms with Crippen molar-refractivity contribution < 1.29 is 104 Å². The van der Waals surface area contributed by atoms with Crippen LogP contribution in [0, 0.1) is 0 Å². The van der Waals surface area contributed by atoms with Gasteiger partial charge in [0, 0.05) is 0 Å². The van der Waals surface area contributed by atoms with E-state index in [-0.39, 0.29) is 75.5 Å². The smallest absolute Gasteiger partial charge is 0.872 e. The van der Waals surface area contributed by atoms with Crippen LogP contribution in [-0.2, 0) is 10.1 Å². The monoisotopic (exact) mass is 316 g/mol. The van der Waals surface area contributed by atoms with Gasteiger partial charge in [0.15, 0.2) is 0 Å². The molecule has 0 fully saturated rings. The Morgan fingerprint density at radius 1 is 1.11 bits per heavy atom. The third-order valence-corrected chi connectivity index (χ3v) is 2.30. The Morgan fingerprint density at radius 3 is 1.84 bits per heavy atom. The first-order chi connectivity index (χ1) is 6.32. The molecule has 7 N–H and O–H groups in total. The number of aromatic carboxylic acids is 1. The van der Waals surface area contributed by atoms with Gasteiger partial charge >= 0.3 is 65.1 Å². The summed E-state index contributed by atoms with van der Waals surface area (Å²) in [6, 6.07) is 2.05. The van der Waals surface area contributed by atoms with E-state index >= 15 is 0 Å². The summed E-state index contributed by atoms with van der Waals surface area (Å²) in [4.78, 5) is 9.68. The molecule has 0 saturated heterocycles. The van der Waals surface area contributed by atoms with Crippen LogP contribution in [0.3, 0.4) is 0 Å². The summed E-state index contributed by atoms with van der Waals surface area (Å²) in [5.41, 5.74) is -0.734. The quantitative estimate of drug-likeness (QED) is 0.412. The molecule has 0 aliphatic rings. The van der Waals surface area contributed by atoms with Gasteiger partial charge < -0.3 is 31.2 Å². The Morgan fingerprint density at radius 2 is 1.53 bits per heavy atom. The predicted octanol–water partition coefficient (Wildman–Crippen LogP) is -9.10. The van der Waals surface area contributed by atoms with E-state index in [0.29, 0.717) is 6.07 Å². The molecule has 0 atom stereocenters. The summed E-state index contributed by atoms with van der Waals surface area (Å²) in [6.45, 7) is 0. The molecule has 0 amide bonds. The van der Waals surface area contributed by atoms with Crippen LogP contribution in [-0.4, -0.2) is 40.5 Å². The third-order valence-electron chi connectivity index (χ3n) is 1.47. The second kappa shape index (κ2) is 12.1. The Hall–Kier alpha value is 0.280. The first-order valence-electron chi connectivity index (χ1n) is 3.32. The van der Waals surface area contributed by atoms with Gasteiger partial charge in [-0.15, -0.1) is 0 Å². The fraction of sp³-hybridized carbons (Fsp3) is 0. The number of rotatable bonds is 2. The first kappa shape index (κ1) is 31.6. The molecule has 19 heavy (non-hydrogen) atoms. The molecule has 0 unspecified atom stereocenters. The number of carboxylic acid groups (broad SMARTS) is 1. The molecule has 0 aliphatic carbocycles. The van der Waals surface area contributed by atoms with Crippen molar-refractivity contribution in [2.75, 3.05) is 0 Å². The molecule has 0 saturated carbocycles. The van der Waals surface area contributed by atoms with Crippen molar-refractivity contribution in [1.82, 2.24) is 0 Å². The van der Waals surface area contributed by atoms with Gasteiger partial charge in [-0.05, 0) is 12.1 Å². The summed E-state index contributed by atoms with van der Waals surface area (Å²) in [5.74, 6) is -2.41. The number of benzene rings is 1. The van der Waals surface area contributed by atoms with Gasteiger partial charge in [-0.3, -0.25) is 0 Å². The van der Waals surface area contributed by atoms with Crippen molar-refractivity contribution in [2.45, 2.75) is 4.90 Å². The number of carboxylic acids is 1. The molecule has 0 radical (unpaired) electrons. The zero-order valence-electron chi connectivity index (χ0n) is 10.1. The summed E-state index contributed by atoms with van der Waals surface area (Å²) < 4.78 is 31.4. The molecule has 0 heterocycles. The second-order valence-electron chi connectivity index (χ2n) is 2.42. The zero-order valence-corrected chi connectivity index (χ0v) is 14.9. The van der Waals surface area contributed by atoms with Gasteiger partial charge in [0.05, 0.1) is 10.5 Å². The average molecular weight is 316 g/mol. The van der Waals surface area contributed by atoms with Gasteiger partial charge in [-0.1, -0.05) is 11.8 Å². The van der Waals surface area contributed by atoms with Crippen LogP contribution in [0.15, 0.2) is 23.1 Å². The van der Waals surface area contributed by atoms with E-state index in [0.717, 1.165) is 12.1 Å². The molecule has 9 nitrogen and oxygen atoms in total.